The molecular weight excluding hydrogens is 552 g/mol. The minimum absolute atomic E-state index is 0.0907. The maximum atomic E-state index is 12.6. The fourth-order valence-electron chi connectivity index (χ4n) is 4.97. The Morgan fingerprint density at radius 2 is 1.68 bits per heavy atom. The Labute approximate surface area is 255 Å². The number of benzene rings is 3. The first-order valence-electron chi connectivity index (χ1n) is 14.2. The summed E-state index contributed by atoms with van der Waals surface area (Å²) >= 11 is 0. The van der Waals surface area contributed by atoms with E-state index in [0.29, 0.717) is 17.5 Å². The molecule has 0 spiro atoms. The summed E-state index contributed by atoms with van der Waals surface area (Å²) in [5.41, 5.74) is 5.68. The van der Waals surface area contributed by atoms with E-state index < -0.39 is 6.09 Å². The summed E-state index contributed by atoms with van der Waals surface area (Å²) in [7, 11) is 0. The van der Waals surface area contributed by atoms with E-state index in [1.807, 2.05) is 73.7 Å². The first kappa shape index (κ1) is 28.3. The molecule has 3 heterocycles. The van der Waals surface area contributed by atoms with Crippen LogP contribution in [0.1, 0.15) is 35.7 Å². The van der Waals surface area contributed by atoms with Crippen molar-refractivity contribution in [2.24, 2.45) is 0 Å². The summed E-state index contributed by atoms with van der Waals surface area (Å²) in [4.78, 5) is 39.5. The van der Waals surface area contributed by atoms with Gasteiger partial charge in [0.25, 0.3) is 0 Å². The number of carbonyl (C=O) groups excluding carboxylic acids is 2. The summed E-state index contributed by atoms with van der Waals surface area (Å²) < 4.78 is 5.36. The van der Waals surface area contributed by atoms with Crippen LogP contribution in [0.15, 0.2) is 122 Å². The van der Waals surface area contributed by atoms with Gasteiger partial charge in [-0.2, -0.15) is 4.98 Å². The summed E-state index contributed by atoms with van der Waals surface area (Å²) in [6.07, 6.45) is 7.80. The zero-order valence-electron chi connectivity index (χ0n) is 24.0. The van der Waals surface area contributed by atoms with Gasteiger partial charge in [-0.05, 0) is 65.1 Å². The van der Waals surface area contributed by atoms with Crippen LogP contribution in [-0.4, -0.2) is 33.6 Å². The van der Waals surface area contributed by atoms with Crippen LogP contribution in [0.4, 0.5) is 22.2 Å². The second kappa shape index (κ2) is 13.0. The third kappa shape index (κ3) is 6.63. The van der Waals surface area contributed by atoms with E-state index in [0.717, 1.165) is 27.8 Å². The second-order valence-electron chi connectivity index (χ2n) is 10.3. The van der Waals surface area contributed by atoms with E-state index in [4.69, 9.17) is 4.74 Å². The third-order valence-corrected chi connectivity index (χ3v) is 7.30. The topological polar surface area (TPSA) is 109 Å². The normalized spacial score (nSPS) is 15.2. The number of rotatable bonds is 9. The van der Waals surface area contributed by atoms with Gasteiger partial charge in [-0.1, -0.05) is 72.8 Å². The molecule has 3 aromatic carbocycles. The fraction of sp³-hybridized carbons (Fsp3) is 0.114. The number of carbonyl (C=O) groups is 2. The average Bonchev–Trinajstić information content (AvgIpc) is 3.46. The van der Waals surface area contributed by atoms with Crippen molar-refractivity contribution >= 4 is 35.5 Å². The summed E-state index contributed by atoms with van der Waals surface area (Å²) in [5.74, 6) is 0.683. The molecular formula is C35H30N6O3. The third-order valence-electron chi connectivity index (χ3n) is 7.30. The van der Waals surface area contributed by atoms with Gasteiger partial charge >= 0.3 is 6.09 Å². The zero-order valence-corrected chi connectivity index (χ0v) is 24.0. The molecule has 0 unspecified atom stereocenters. The van der Waals surface area contributed by atoms with Gasteiger partial charge in [0.15, 0.2) is 0 Å². The molecule has 2 N–H and O–H groups in total. The Kier molecular flexibility index (Phi) is 8.36. The van der Waals surface area contributed by atoms with Crippen LogP contribution in [0, 0.1) is 0 Å². The molecule has 0 radical (unpaired) electrons. The highest BCUT2D eigenvalue weighted by atomic mass is 16.6. The van der Waals surface area contributed by atoms with Crippen LogP contribution in [-0.2, 0) is 9.53 Å². The quantitative estimate of drug-likeness (QED) is 0.179. The molecule has 0 aliphatic carbocycles. The molecule has 44 heavy (non-hydrogen) atoms. The molecule has 2 amide bonds. The van der Waals surface area contributed by atoms with Crippen molar-refractivity contribution in [3.8, 4) is 11.1 Å². The molecule has 1 aliphatic rings. The van der Waals surface area contributed by atoms with E-state index in [1.54, 1.807) is 35.6 Å². The standard InChI is InChI=1S/C35H30N6O3/c1-24(38-34-37-21-19-32(40-34)41-31(23-44-35(41)43)29-7-3-2-4-8-29)26-10-12-27(13-11-26)28-14-16-30(17-15-28)39-33(42)18-9-25-6-5-20-36-22-25/h2-22,24,31H,23H2,1H3,(H,39,42)(H,37,38,40)/b18-9+/t24-,31+/m0/s1. The Balaban J connectivity index is 1.08. The zero-order chi connectivity index (χ0) is 30.3. The van der Waals surface area contributed by atoms with Gasteiger partial charge in [-0.15, -0.1) is 0 Å². The number of aromatic nitrogens is 3. The predicted molar refractivity (Wildman–Crippen MR) is 171 cm³/mol. The van der Waals surface area contributed by atoms with E-state index in [-0.39, 0.29) is 24.6 Å². The molecule has 0 saturated carbocycles. The maximum absolute atomic E-state index is 12.6. The average molecular weight is 583 g/mol. The van der Waals surface area contributed by atoms with Crippen molar-refractivity contribution in [2.45, 2.75) is 19.0 Å². The molecule has 2 aromatic heterocycles. The van der Waals surface area contributed by atoms with Crippen LogP contribution in [0.5, 0.6) is 0 Å². The number of amides is 2. The maximum Gasteiger partial charge on any atom is 0.416 e. The number of hydrogen-bond acceptors (Lipinski definition) is 7. The van der Waals surface area contributed by atoms with Crippen molar-refractivity contribution in [1.82, 2.24) is 15.0 Å². The Morgan fingerprint density at radius 1 is 0.932 bits per heavy atom. The first-order valence-corrected chi connectivity index (χ1v) is 14.2. The van der Waals surface area contributed by atoms with E-state index in [1.165, 1.54) is 6.08 Å². The number of hydrogen-bond donors (Lipinski definition) is 2. The molecule has 2 atom stereocenters. The number of anilines is 3. The van der Waals surface area contributed by atoms with Crippen molar-refractivity contribution < 1.29 is 14.3 Å². The van der Waals surface area contributed by atoms with Crippen LogP contribution in [0.25, 0.3) is 17.2 Å². The van der Waals surface area contributed by atoms with Gasteiger partial charge in [-0.25, -0.2) is 9.78 Å². The number of pyridine rings is 1. The lowest BCUT2D eigenvalue weighted by Crippen LogP contribution is -2.28. The first-order chi connectivity index (χ1) is 21.5. The Hall–Kier alpha value is -5.83. The highest BCUT2D eigenvalue weighted by Gasteiger charge is 2.36. The highest BCUT2D eigenvalue weighted by molar-refractivity contribution is 6.02. The monoisotopic (exact) mass is 582 g/mol. The number of nitrogens with zero attached hydrogens (tertiary/aromatic N) is 4. The molecule has 6 rings (SSSR count). The van der Waals surface area contributed by atoms with Gasteiger partial charge in [-0.3, -0.25) is 14.7 Å². The number of ether oxygens (including phenoxy) is 1. The minimum atomic E-state index is -0.430. The van der Waals surface area contributed by atoms with Gasteiger partial charge in [0.1, 0.15) is 18.5 Å². The summed E-state index contributed by atoms with van der Waals surface area (Å²) in [6, 6.07) is 30.8. The van der Waals surface area contributed by atoms with Crippen LogP contribution in [0.3, 0.4) is 0 Å². The van der Waals surface area contributed by atoms with Gasteiger partial charge < -0.3 is 15.4 Å². The van der Waals surface area contributed by atoms with E-state index >= 15 is 0 Å². The lowest BCUT2D eigenvalue weighted by molar-refractivity contribution is -0.111. The van der Waals surface area contributed by atoms with Gasteiger partial charge in [0.2, 0.25) is 11.9 Å². The highest BCUT2D eigenvalue weighted by Crippen LogP contribution is 2.32. The van der Waals surface area contributed by atoms with Gasteiger partial charge in [0.05, 0.1) is 6.04 Å². The number of cyclic esters (lactones) is 1. The van der Waals surface area contributed by atoms with E-state index in [2.05, 4.69) is 49.9 Å². The smallest absolute Gasteiger partial charge is 0.416 e. The fourth-order valence-corrected chi connectivity index (χ4v) is 4.97. The van der Waals surface area contributed by atoms with Crippen LogP contribution >= 0.6 is 0 Å². The summed E-state index contributed by atoms with van der Waals surface area (Å²) in [6.45, 7) is 2.29. The summed E-state index contributed by atoms with van der Waals surface area (Å²) in [5, 5.41) is 6.22. The second-order valence-corrected chi connectivity index (χ2v) is 10.3. The van der Waals surface area contributed by atoms with Crippen molar-refractivity contribution in [2.75, 3.05) is 22.1 Å². The molecule has 1 fully saturated rings. The lowest BCUT2D eigenvalue weighted by atomic mass is 10.0. The predicted octanol–water partition coefficient (Wildman–Crippen LogP) is 7.06. The molecule has 1 saturated heterocycles. The molecule has 9 nitrogen and oxygen atoms in total. The molecule has 9 heteroatoms. The molecule has 218 valence electrons. The Bertz CT molecular complexity index is 1760. The minimum Gasteiger partial charge on any atom is -0.447 e. The van der Waals surface area contributed by atoms with E-state index in [9.17, 15) is 9.59 Å². The van der Waals surface area contributed by atoms with Gasteiger partial charge in [0, 0.05) is 30.4 Å². The SMILES string of the molecule is C[C@H](Nc1nccc(N2C(=O)OC[C@@H]2c2ccccc2)n1)c1ccc(-c2ccc(NC(=O)/C=C/c3cccnc3)cc2)cc1. The Morgan fingerprint density at radius 3 is 2.41 bits per heavy atom. The largest absolute Gasteiger partial charge is 0.447 e. The van der Waals surface area contributed by atoms with Crippen LogP contribution < -0.4 is 15.5 Å². The lowest BCUT2D eigenvalue weighted by Gasteiger charge is -2.21. The number of nitrogens with one attached hydrogen (secondary N) is 2. The van der Waals surface area contributed by atoms with Crippen LogP contribution in [0.2, 0.25) is 0 Å². The van der Waals surface area contributed by atoms with Crippen molar-refractivity contribution in [1.29, 1.82) is 0 Å². The molecule has 1 aliphatic heterocycles. The van der Waals surface area contributed by atoms with Crippen molar-refractivity contribution in [3.63, 3.8) is 0 Å². The van der Waals surface area contributed by atoms with Crippen molar-refractivity contribution in [3.05, 3.63) is 138 Å². The molecule has 5 aromatic rings. The molecule has 0 bridgehead atoms.